The third-order valence-corrected chi connectivity index (χ3v) is 5.15. The van der Waals surface area contributed by atoms with Crippen LogP contribution in [0.3, 0.4) is 0 Å². The van der Waals surface area contributed by atoms with E-state index in [0.717, 1.165) is 12.0 Å². The van der Waals surface area contributed by atoms with Crippen molar-refractivity contribution in [1.82, 2.24) is 0 Å². The molecule has 2 aliphatic rings. The molecule has 0 amide bonds. The zero-order chi connectivity index (χ0) is 15.9. The van der Waals surface area contributed by atoms with Gasteiger partial charge in [-0.2, -0.15) is 0 Å². The van der Waals surface area contributed by atoms with Crippen LogP contribution in [-0.4, -0.2) is 26.2 Å². The summed E-state index contributed by atoms with van der Waals surface area (Å²) in [5.41, 5.74) is -0.409. The number of rotatable bonds is 3. The predicted molar refractivity (Wildman–Crippen MR) is 81.4 cm³/mol. The highest BCUT2D eigenvalue weighted by atomic mass is 35.5. The summed E-state index contributed by atoms with van der Waals surface area (Å²) >= 11 is 5.95. The summed E-state index contributed by atoms with van der Waals surface area (Å²) in [6.45, 7) is 0. The molecule has 116 valence electrons. The number of carbonyl (C=O) groups is 2. The van der Waals surface area contributed by atoms with Crippen molar-refractivity contribution in [2.45, 2.75) is 12.3 Å². The van der Waals surface area contributed by atoms with Crippen molar-refractivity contribution in [2.75, 3.05) is 14.2 Å². The van der Waals surface area contributed by atoms with Crippen LogP contribution in [0, 0.1) is 17.3 Å². The molecule has 0 heterocycles. The maximum absolute atomic E-state index is 12.6. The summed E-state index contributed by atoms with van der Waals surface area (Å²) in [6.07, 6.45) is 4.76. The Bertz CT molecular complexity index is 619. The second-order valence-electron chi connectivity index (χ2n) is 5.77. The molecule has 5 heteroatoms. The Morgan fingerprint density at radius 1 is 1.09 bits per heavy atom. The SMILES string of the molecule is COC(=O)C1(C(=O)OC)[C@H](c2ccc(Cl)cc2)[C@@H]2C=C[C@H]1C2. The highest BCUT2D eigenvalue weighted by Gasteiger charge is 2.67. The van der Waals surface area contributed by atoms with E-state index in [0.29, 0.717) is 5.02 Å². The second-order valence-corrected chi connectivity index (χ2v) is 6.21. The van der Waals surface area contributed by atoms with Gasteiger partial charge in [0.1, 0.15) is 0 Å². The Labute approximate surface area is 134 Å². The van der Waals surface area contributed by atoms with Crippen molar-refractivity contribution in [1.29, 1.82) is 0 Å². The molecule has 22 heavy (non-hydrogen) atoms. The Morgan fingerprint density at radius 3 is 2.23 bits per heavy atom. The number of carbonyl (C=O) groups excluding carboxylic acids is 2. The van der Waals surface area contributed by atoms with Gasteiger partial charge < -0.3 is 9.47 Å². The molecule has 1 aromatic carbocycles. The van der Waals surface area contributed by atoms with Gasteiger partial charge in [0.25, 0.3) is 0 Å². The van der Waals surface area contributed by atoms with E-state index in [4.69, 9.17) is 21.1 Å². The molecule has 3 atom stereocenters. The number of fused-ring (bicyclic) bond motifs is 2. The van der Waals surface area contributed by atoms with Gasteiger partial charge in [-0.05, 0) is 30.0 Å². The molecule has 2 bridgehead atoms. The normalized spacial score (nSPS) is 27.7. The van der Waals surface area contributed by atoms with E-state index < -0.39 is 17.4 Å². The lowest BCUT2D eigenvalue weighted by atomic mass is 9.65. The lowest BCUT2D eigenvalue weighted by Crippen LogP contribution is -2.49. The number of ether oxygens (including phenoxy) is 2. The molecular weight excluding hydrogens is 304 g/mol. The van der Waals surface area contributed by atoms with Crippen LogP contribution < -0.4 is 0 Å². The van der Waals surface area contributed by atoms with Crippen molar-refractivity contribution in [3.8, 4) is 0 Å². The lowest BCUT2D eigenvalue weighted by Gasteiger charge is -2.36. The van der Waals surface area contributed by atoms with Crippen molar-refractivity contribution in [3.05, 3.63) is 47.0 Å². The highest BCUT2D eigenvalue weighted by Crippen LogP contribution is 2.61. The molecule has 0 saturated heterocycles. The van der Waals surface area contributed by atoms with Crippen LogP contribution in [-0.2, 0) is 19.1 Å². The lowest BCUT2D eigenvalue weighted by molar-refractivity contribution is -0.172. The molecule has 2 aliphatic carbocycles. The van der Waals surface area contributed by atoms with Crippen LogP contribution in [0.2, 0.25) is 5.02 Å². The van der Waals surface area contributed by atoms with E-state index in [2.05, 4.69) is 6.08 Å². The van der Waals surface area contributed by atoms with Crippen LogP contribution in [0.4, 0.5) is 0 Å². The van der Waals surface area contributed by atoms with E-state index in [1.165, 1.54) is 14.2 Å². The molecule has 1 fully saturated rings. The van der Waals surface area contributed by atoms with E-state index in [1.54, 1.807) is 12.1 Å². The Morgan fingerprint density at radius 2 is 1.68 bits per heavy atom. The topological polar surface area (TPSA) is 52.6 Å². The third-order valence-electron chi connectivity index (χ3n) is 4.90. The Kier molecular flexibility index (Phi) is 3.73. The largest absolute Gasteiger partial charge is 0.468 e. The number of benzene rings is 1. The first-order valence-corrected chi connectivity index (χ1v) is 7.54. The van der Waals surface area contributed by atoms with E-state index in [-0.39, 0.29) is 17.8 Å². The number of halogens is 1. The fourth-order valence-electron chi connectivity index (χ4n) is 4.04. The first kappa shape index (κ1) is 15.1. The number of esters is 2. The zero-order valence-corrected chi connectivity index (χ0v) is 13.2. The number of hydrogen-bond acceptors (Lipinski definition) is 4. The summed E-state index contributed by atoms with van der Waals surface area (Å²) in [6, 6.07) is 7.27. The summed E-state index contributed by atoms with van der Waals surface area (Å²) in [4.78, 5) is 25.2. The molecule has 0 spiro atoms. The summed E-state index contributed by atoms with van der Waals surface area (Å²) in [7, 11) is 2.61. The van der Waals surface area contributed by atoms with Crippen molar-refractivity contribution in [2.24, 2.45) is 17.3 Å². The van der Waals surface area contributed by atoms with Crippen molar-refractivity contribution in [3.63, 3.8) is 0 Å². The van der Waals surface area contributed by atoms with E-state index in [1.807, 2.05) is 18.2 Å². The fraction of sp³-hybridized carbons (Fsp3) is 0.412. The van der Waals surface area contributed by atoms with Crippen LogP contribution >= 0.6 is 11.6 Å². The molecule has 0 aromatic heterocycles. The van der Waals surface area contributed by atoms with Gasteiger partial charge in [-0.1, -0.05) is 35.9 Å². The molecule has 0 radical (unpaired) electrons. The highest BCUT2D eigenvalue weighted by molar-refractivity contribution is 6.30. The smallest absolute Gasteiger partial charge is 0.324 e. The molecule has 0 N–H and O–H groups in total. The minimum Gasteiger partial charge on any atom is -0.468 e. The quantitative estimate of drug-likeness (QED) is 0.488. The first-order valence-electron chi connectivity index (χ1n) is 7.16. The van der Waals surface area contributed by atoms with Gasteiger partial charge in [0.2, 0.25) is 0 Å². The van der Waals surface area contributed by atoms with Crippen LogP contribution in [0.1, 0.15) is 17.9 Å². The van der Waals surface area contributed by atoms with Gasteiger partial charge in [-0.3, -0.25) is 9.59 Å². The fourth-order valence-corrected chi connectivity index (χ4v) is 4.16. The van der Waals surface area contributed by atoms with Crippen LogP contribution in [0.25, 0.3) is 0 Å². The molecule has 1 aromatic rings. The van der Waals surface area contributed by atoms with Gasteiger partial charge >= 0.3 is 11.9 Å². The van der Waals surface area contributed by atoms with E-state index >= 15 is 0 Å². The summed E-state index contributed by atoms with van der Waals surface area (Å²) in [5, 5.41) is 0.615. The monoisotopic (exact) mass is 320 g/mol. The van der Waals surface area contributed by atoms with Gasteiger partial charge in [-0.25, -0.2) is 0 Å². The molecule has 0 unspecified atom stereocenters. The van der Waals surface area contributed by atoms with Crippen molar-refractivity contribution < 1.29 is 19.1 Å². The Hall–Kier alpha value is -1.81. The van der Waals surface area contributed by atoms with E-state index in [9.17, 15) is 9.59 Å². The standard InChI is InChI=1S/C17H17ClO4/c1-21-15(19)17(16(20)22-2)12-6-3-11(9-12)14(17)10-4-7-13(18)8-5-10/h3-8,11-12,14H,9H2,1-2H3/t11-,12+,14-/m1/s1. The number of methoxy groups -OCH3 is 2. The van der Waals surface area contributed by atoms with Crippen molar-refractivity contribution >= 4 is 23.5 Å². The minimum atomic E-state index is -1.31. The van der Waals surface area contributed by atoms with Gasteiger partial charge in [-0.15, -0.1) is 0 Å². The zero-order valence-electron chi connectivity index (χ0n) is 12.4. The molecular formula is C17H17ClO4. The maximum atomic E-state index is 12.6. The van der Waals surface area contributed by atoms with Gasteiger partial charge in [0, 0.05) is 16.9 Å². The summed E-state index contributed by atoms with van der Waals surface area (Å²) < 4.78 is 9.98. The average Bonchev–Trinajstić information content (AvgIpc) is 3.14. The third kappa shape index (κ3) is 1.90. The second kappa shape index (κ2) is 5.43. The summed E-state index contributed by atoms with van der Waals surface area (Å²) in [5.74, 6) is -1.44. The molecule has 0 aliphatic heterocycles. The molecule has 3 rings (SSSR count). The maximum Gasteiger partial charge on any atom is 0.324 e. The molecule has 1 saturated carbocycles. The first-order chi connectivity index (χ1) is 10.6. The minimum absolute atomic E-state index is 0.115. The van der Waals surface area contributed by atoms with Crippen LogP contribution in [0.5, 0.6) is 0 Å². The number of hydrogen-bond donors (Lipinski definition) is 0. The van der Waals surface area contributed by atoms with Gasteiger partial charge in [0.15, 0.2) is 5.41 Å². The predicted octanol–water partition coefficient (Wildman–Crippen LogP) is 2.96. The van der Waals surface area contributed by atoms with Gasteiger partial charge in [0.05, 0.1) is 14.2 Å². The molecule has 4 nitrogen and oxygen atoms in total. The Balaban J connectivity index is 2.16. The average molecular weight is 321 g/mol. The number of allylic oxidation sites excluding steroid dienone is 2. The van der Waals surface area contributed by atoms with Crippen LogP contribution in [0.15, 0.2) is 36.4 Å².